The molecule has 2 amide bonds. The van der Waals surface area contributed by atoms with Crippen LogP contribution in [0.15, 0.2) is 0 Å². The maximum Gasteiger partial charge on any atom is 0.322 e. The van der Waals surface area contributed by atoms with Gasteiger partial charge in [-0.2, -0.15) is 5.10 Å². The number of aromatic nitrogens is 2. The molecule has 6 nitrogen and oxygen atoms in total. The van der Waals surface area contributed by atoms with Crippen molar-refractivity contribution in [1.82, 2.24) is 14.7 Å². The average Bonchev–Trinajstić information content (AvgIpc) is 2.74. The van der Waals surface area contributed by atoms with Gasteiger partial charge in [0.1, 0.15) is 0 Å². The van der Waals surface area contributed by atoms with E-state index in [4.69, 9.17) is 5.11 Å². The Morgan fingerprint density at radius 2 is 2.00 bits per heavy atom. The van der Waals surface area contributed by atoms with E-state index in [-0.39, 0.29) is 12.6 Å². The van der Waals surface area contributed by atoms with Gasteiger partial charge in [-0.05, 0) is 27.2 Å². The summed E-state index contributed by atoms with van der Waals surface area (Å²) in [6, 6.07) is -0.165. The number of urea groups is 1. The second kappa shape index (κ2) is 8.67. The van der Waals surface area contributed by atoms with Gasteiger partial charge in [0.05, 0.1) is 23.7 Å². The molecule has 1 aromatic rings. The Morgan fingerprint density at radius 1 is 1.29 bits per heavy atom. The average molecular weight is 296 g/mol. The van der Waals surface area contributed by atoms with E-state index in [9.17, 15) is 4.79 Å². The summed E-state index contributed by atoms with van der Waals surface area (Å²) in [7, 11) is 0. The Balaban J connectivity index is 2.74. The van der Waals surface area contributed by atoms with Crippen LogP contribution in [0.3, 0.4) is 0 Å². The molecule has 1 rings (SSSR count). The predicted octanol–water partition coefficient (Wildman–Crippen LogP) is 2.54. The summed E-state index contributed by atoms with van der Waals surface area (Å²) in [5, 5.41) is 16.5. The van der Waals surface area contributed by atoms with Crippen molar-refractivity contribution < 1.29 is 9.90 Å². The van der Waals surface area contributed by atoms with Crippen LogP contribution >= 0.6 is 0 Å². The van der Waals surface area contributed by atoms with Crippen molar-refractivity contribution >= 4 is 11.7 Å². The van der Waals surface area contributed by atoms with Gasteiger partial charge < -0.3 is 15.3 Å². The molecule has 0 fully saturated rings. The largest absolute Gasteiger partial charge is 0.395 e. The van der Waals surface area contributed by atoms with Gasteiger partial charge in [-0.1, -0.05) is 19.8 Å². The van der Waals surface area contributed by atoms with Crippen molar-refractivity contribution in [3.63, 3.8) is 0 Å². The fraction of sp³-hybridized carbons (Fsp3) is 0.733. The molecule has 0 aliphatic rings. The van der Waals surface area contributed by atoms with Gasteiger partial charge in [-0.3, -0.25) is 4.68 Å². The molecule has 0 radical (unpaired) electrons. The van der Waals surface area contributed by atoms with Crippen LogP contribution in [0.25, 0.3) is 0 Å². The highest BCUT2D eigenvalue weighted by Gasteiger charge is 2.17. The fourth-order valence-electron chi connectivity index (χ4n) is 2.36. The molecule has 0 saturated heterocycles. The summed E-state index contributed by atoms with van der Waals surface area (Å²) in [5.41, 5.74) is 2.56. The lowest BCUT2D eigenvalue weighted by atomic mass is 10.2. The molecular weight excluding hydrogens is 268 g/mol. The molecule has 120 valence electrons. The number of aliphatic hydroxyl groups excluding tert-OH is 1. The van der Waals surface area contributed by atoms with Crippen LogP contribution in [0.5, 0.6) is 0 Å². The lowest BCUT2D eigenvalue weighted by molar-refractivity contribution is 0.187. The molecule has 0 unspecified atom stereocenters. The number of hydrogen-bond acceptors (Lipinski definition) is 3. The van der Waals surface area contributed by atoms with E-state index in [0.29, 0.717) is 13.1 Å². The number of aliphatic hydroxyl groups is 1. The highest BCUT2D eigenvalue weighted by Crippen LogP contribution is 2.19. The number of unbranched alkanes of at least 4 members (excludes halogenated alkanes) is 2. The Labute approximate surface area is 127 Å². The number of rotatable bonds is 8. The quantitative estimate of drug-likeness (QED) is 0.724. The van der Waals surface area contributed by atoms with E-state index < -0.39 is 0 Å². The normalized spacial score (nSPS) is 10.7. The van der Waals surface area contributed by atoms with Crippen molar-refractivity contribution in [1.29, 1.82) is 0 Å². The third-order valence-electron chi connectivity index (χ3n) is 3.60. The smallest absolute Gasteiger partial charge is 0.322 e. The first-order chi connectivity index (χ1) is 10.0. The van der Waals surface area contributed by atoms with Gasteiger partial charge in [0.25, 0.3) is 0 Å². The number of carbonyl (C=O) groups is 1. The molecule has 0 aliphatic carbocycles. The van der Waals surface area contributed by atoms with Crippen LogP contribution < -0.4 is 5.32 Å². The number of anilines is 1. The number of aryl methyl sites for hydroxylation is 2. The molecule has 1 heterocycles. The molecule has 0 aromatic carbocycles. The number of carbonyl (C=O) groups excluding carboxylic acids is 1. The summed E-state index contributed by atoms with van der Waals surface area (Å²) < 4.78 is 1.87. The molecule has 1 aromatic heterocycles. The monoisotopic (exact) mass is 296 g/mol. The van der Waals surface area contributed by atoms with Crippen molar-refractivity contribution in [3.8, 4) is 0 Å². The van der Waals surface area contributed by atoms with Crippen LogP contribution in [0.4, 0.5) is 10.5 Å². The standard InChI is InChI=1S/C15H28N4O2/c1-5-7-8-9-18(10-11-20)15(21)16-14-12(3)17-19(6-2)13(14)4/h20H,5-11H2,1-4H3,(H,16,21). The van der Waals surface area contributed by atoms with Crippen molar-refractivity contribution in [2.75, 3.05) is 25.0 Å². The molecule has 0 atom stereocenters. The minimum atomic E-state index is -0.165. The Bertz CT molecular complexity index is 457. The lowest BCUT2D eigenvalue weighted by Crippen LogP contribution is -2.38. The van der Waals surface area contributed by atoms with Gasteiger partial charge in [0, 0.05) is 19.6 Å². The van der Waals surface area contributed by atoms with Crippen LogP contribution in [0, 0.1) is 13.8 Å². The summed E-state index contributed by atoms with van der Waals surface area (Å²) >= 11 is 0. The second-order valence-electron chi connectivity index (χ2n) is 5.21. The zero-order chi connectivity index (χ0) is 15.8. The number of nitrogens with one attached hydrogen (secondary N) is 1. The first kappa shape index (κ1) is 17.5. The SMILES string of the molecule is CCCCCN(CCO)C(=O)Nc1c(C)nn(CC)c1C. The van der Waals surface area contributed by atoms with Gasteiger partial charge in [0.2, 0.25) is 0 Å². The summed E-state index contributed by atoms with van der Waals surface area (Å²) in [5.74, 6) is 0. The fourth-order valence-corrected chi connectivity index (χ4v) is 2.36. The maximum atomic E-state index is 12.4. The minimum absolute atomic E-state index is 0.0221. The van der Waals surface area contributed by atoms with E-state index in [0.717, 1.165) is 42.9 Å². The van der Waals surface area contributed by atoms with Crippen molar-refractivity contribution in [2.24, 2.45) is 0 Å². The van der Waals surface area contributed by atoms with Crippen molar-refractivity contribution in [3.05, 3.63) is 11.4 Å². The van der Waals surface area contributed by atoms with Gasteiger partial charge in [-0.15, -0.1) is 0 Å². The first-order valence-electron chi connectivity index (χ1n) is 7.75. The molecule has 0 aliphatic heterocycles. The maximum absolute atomic E-state index is 12.4. The number of nitrogens with zero attached hydrogens (tertiary/aromatic N) is 3. The molecule has 21 heavy (non-hydrogen) atoms. The third kappa shape index (κ3) is 4.74. The molecule has 2 N–H and O–H groups in total. The van der Waals surface area contributed by atoms with Gasteiger partial charge in [-0.25, -0.2) is 4.79 Å². The van der Waals surface area contributed by atoms with E-state index in [1.165, 1.54) is 0 Å². The van der Waals surface area contributed by atoms with Crippen LogP contribution in [-0.2, 0) is 6.54 Å². The minimum Gasteiger partial charge on any atom is -0.395 e. The summed E-state index contributed by atoms with van der Waals surface area (Å²) in [6.45, 7) is 9.77. The van der Waals surface area contributed by atoms with Crippen LogP contribution in [-0.4, -0.2) is 45.5 Å². The summed E-state index contributed by atoms with van der Waals surface area (Å²) in [6.07, 6.45) is 3.15. The zero-order valence-corrected chi connectivity index (χ0v) is 13.6. The number of hydrogen-bond donors (Lipinski definition) is 2. The predicted molar refractivity (Wildman–Crippen MR) is 84.6 cm³/mol. The summed E-state index contributed by atoms with van der Waals surface area (Å²) in [4.78, 5) is 14.0. The molecule has 0 bridgehead atoms. The first-order valence-corrected chi connectivity index (χ1v) is 7.75. The van der Waals surface area contributed by atoms with Gasteiger partial charge >= 0.3 is 6.03 Å². The van der Waals surface area contributed by atoms with E-state index in [1.807, 2.05) is 25.5 Å². The second-order valence-corrected chi connectivity index (χ2v) is 5.21. The molecular formula is C15H28N4O2. The highest BCUT2D eigenvalue weighted by molar-refractivity contribution is 5.90. The van der Waals surface area contributed by atoms with Crippen LogP contribution in [0.2, 0.25) is 0 Å². The molecule has 6 heteroatoms. The van der Waals surface area contributed by atoms with E-state index in [1.54, 1.807) is 4.90 Å². The Hall–Kier alpha value is -1.56. The topological polar surface area (TPSA) is 70.4 Å². The van der Waals surface area contributed by atoms with Crippen LogP contribution in [0.1, 0.15) is 44.5 Å². The number of amides is 2. The lowest BCUT2D eigenvalue weighted by Gasteiger charge is -2.22. The third-order valence-corrected chi connectivity index (χ3v) is 3.60. The zero-order valence-electron chi connectivity index (χ0n) is 13.6. The molecule has 0 saturated carbocycles. The Morgan fingerprint density at radius 3 is 2.52 bits per heavy atom. The van der Waals surface area contributed by atoms with Crippen molar-refractivity contribution in [2.45, 2.75) is 53.5 Å². The van der Waals surface area contributed by atoms with E-state index >= 15 is 0 Å². The molecule has 0 spiro atoms. The highest BCUT2D eigenvalue weighted by atomic mass is 16.3. The van der Waals surface area contributed by atoms with Gasteiger partial charge in [0.15, 0.2) is 0 Å². The van der Waals surface area contributed by atoms with E-state index in [2.05, 4.69) is 17.3 Å². The Kier molecular flexibility index (Phi) is 7.22.